The first-order chi connectivity index (χ1) is 19.4. The van der Waals surface area contributed by atoms with Gasteiger partial charge >= 0.3 is 0 Å². The van der Waals surface area contributed by atoms with E-state index < -0.39 is 23.5 Å². The van der Waals surface area contributed by atoms with Crippen molar-refractivity contribution in [2.24, 2.45) is 0 Å². The maximum atomic E-state index is 14.6. The van der Waals surface area contributed by atoms with Crippen LogP contribution in [0, 0.1) is 17.5 Å². The minimum absolute atomic E-state index is 0.0783. The van der Waals surface area contributed by atoms with Crippen LogP contribution in [0.25, 0.3) is 11.1 Å². The Labute approximate surface area is 232 Å². The second kappa shape index (κ2) is 11.1. The molecule has 0 aliphatic carbocycles. The summed E-state index contributed by atoms with van der Waals surface area (Å²) in [5, 5.41) is 3.26. The maximum absolute atomic E-state index is 14.6. The zero-order valence-electron chi connectivity index (χ0n) is 22.7. The van der Waals surface area contributed by atoms with Gasteiger partial charge in [0.1, 0.15) is 11.6 Å². The number of hydrogen-bond donors (Lipinski definition) is 1. The highest BCUT2D eigenvalue weighted by Crippen LogP contribution is 2.37. The number of nitrogens with one attached hydrogen (secondary N) is 1. The summed E-state index contributed by atoms with van der Waals surface area (Å²) in [6.07, 6.45) is 6.35. The molecule has 40 heavy (non-hydrogen) atoms. The molecular weight excluding hydrogens is 515 g/mol. The van der Waals surface area contributed by atoms with Gasteiger partial charge in [-0.05, 0) is 75.5 Å². The van der Waals surface area contributed by atoms with Crippen molar-refractivity contribution >= 4 is 17.4 Å². The first-order valence-electron chi connectivity index (χ1n) is 14.2. The number of likely N-dealkylation sites (tertiary alicyclic amines) is 2. The maximum Gasteiger partial charge on any atom is 0.254 e. The van der Waals surface area contributed by atoms with E-state index in [-0.39, 0.29) is 17.5 Å². The lowest BCUT2D eigenvalue weighted by Gasteiger charge is -2.36. The quantitative estimate of drug-likeness (QED) is 0.391. The van der Waals surface area contributed by atoms with E-state index in [0.29, 0.717) is 30.5 Å². The number of nitrogens with zero attached hydrogens (tertiary/aromatic N) is 4. The molecule has 0 bridgehead atoms. The molecule has 1 amide bonds. The summed E-state index contributed by atoms with van der Waals surface area (Å²) in [5.41, 5.74) is 3.26. The smallest absolute Gasteiger partial charge is 0.254 e. The van der Waals surface area contributed by atoms with Crippen LogP contribution in [-0.4, -0.2) is 66.0 Å². The summed E-state index contributed by atoms with van der Waals surface area (Å²) in [4.78, 5) is 24.5. The van der Waals surface area contributed by atoms with Gasteiger partial charge in [-0.3, -0.25) is 4.79 Å². The summed E-state index contributed by atoms with van der Waals surface area (Å²) in [7, 11) is 0. The van der Waals surface area contributed by atoms with Gasteiger partial charge in [0, 0.05) is 61.2 Å². The second-order valence-electron chi connectivity index (χ2n) is 11.1. The van der Waals surface area contributed by atoms with Crippen molar-refractivity contribution in [1.82, 2.24) is 14.8 Å². The van der Waals surface area contributed by atoms with Crippen LogP contribution in [0.5, 0.6) is 0 Å². The molecule has 4 heterocycles. The lowest BCUT2D eigenvalue weighted by molar-refractivity contribution is 0.0709. The predicted molar refractivity (Wildman–Crippen MR) is 150 cm³/mol. The molecule has 6 rings (SSSR count). The highest BCUT2D eigenvalue weighted by Gasteiger charge is 2.31. The zero-order chi connectivity index (χ0) is 27.8. The fourth-order valence-electron chi connectivity index (χ4n) is 6.34. The van der Waals surface area contributed by atoms with Gasteiger partial charge in [0.05, 0.1) is 11.7 Å². The van der Waals surface area contributed by atoms with Gasteiger partial charge in [0.15, 0.2) is 11.6 Å². The van der Waals surface area contributed by atoms with Gasteiger partial charge in [0.25, 0.3) is 5.91 Å². The Kier molecular flexibility index (Phi) is 7.40. The number of carbonyl (C=O) groups excluding carboxylic acids is 1. The molecule has 2 saturated heterocycles. The molecule has 1 N–H and O–H groups in total. The van der Waals surface area contributed by atoms with Crippen molar-refractivity contribution in [3.05, 3.63) is 77.2 Å². The first kappa shape index (κ1) is 26.6. The van der Waals surface area contributed by atoms with Crippen molar-refractivity contribution in [2.45, 2.75) is 44.7 Å². The van der Waals surface area contributed by atoms with Gasteiger partial charge in [-0.2, -0.15) is 0 Å². The zero-order valence-corrected chi connectivity index (χ0v) is 22.7. The number of rotatable bonds is 6. The third-order valence-electron chi connectivity index (χ3n) is 8.55. The van der Waals surface area contributed by atoms with Crippen LogP contribution in [0.4, 0.5) is 24.7 Å². The molecule has 3 aliphatic rings. The molecule has 2 atom stereocenters. The van der Waals surface area contributed by atoms with Gasteiger partial charge in [-0.1, -0.05) is 12.1 Å². The van der Waals surface area contributed by atoms with E-state index in [1.165, 1.54) is 12.8 Å². The first-order valence-corrected chi connectivity index (χ1v) is 14.2. The normalized spacial score (nSPS) is 19.9. The Morgan fingerprint density at radius 3 is 2.48 bits per heavy atom. The van der Waals surface area contributed by atoms with E-state index in [0.717, 1.165) is 61.9 Å². The third-order valence-corrected chi connectivity index (χ3v) is 8.55. The van der Waals surface area contributed by atoms with Crippen molar-refractivity contribution in [3.8, 4) is 11.1 Å². The number of aromatic nitrogens is 1. The van der Waals surface area contributed by atoms with E-state index in [1.807, 2.05) is 40.1 Å². The summed E-state index contributed by atoms with van der Waals surface area (Å²) in [5.74, 6) is -2.33. The number of amides is 1. The summed E-state index contributed by atoms with van der Waals surface area (Å²) in [6.45, 7) is 6.91. The van der Waals surface area contributed by atoms with E-state index >= 15 is 0 Å². The van der Waals surface area contributed by atoms with Gasteiger partial charge in [0.2, 0.25) is 0 Å². The van der Waals surface area contributed by atoms with Gasteiger partial charge in [-0.15, -0.1) is 0 Å². The average molecular weight is 550 g/mol. The van der Waals surface area contributed by atoms with Crippen molar-refractivity contribution in [3.63, 3.8) is 0 Å². The summed E-state index contributed by atoms with van der Waals surface area (Å²) < 4.78 is 42.1. The van der Waals surface area contributed by atoms with Crippen LogP contribution in [0.2, 0.25) is 0 Å². The number of halogens is 3. The molecule has 2 fully saturated rings. The molecule has 3 aromatic rings. The minimum atomic E-state index is -1.20. The largest absolute Gasteiger partial charge is 0.367 e. The summed E-state index contributed by atoms with van der Waals surface area (Å²) in [6, 6.07) is 10.8. The summed E-state index contributed by atoms with van der Waals surface area (Å²) >= 11 is 0. The topological polar surface area (TPSA) is 51.7 Å². The fraction of sp³-hybridized carbons (Fsp3) is 0.419. The molecule has 0 spiro atoms. The van der Waals surface area contributed by atoms with Crippen molar-refractivity contribution in [1.29, 1.82) is 0 Å². The Balaban J connectivity index is 1.21. The highest BCUT2D eigenvalue weighted by atomic mass is 19.2. The van der Waals surface area contributed by atoms with E-state index in [1.54, 1.807) is 13.1 Å². The van der Waals surface area contributed by atoms with Crippen molar-refractivity contribution in [2.75, 3.05) is 49.5 Å². The monoisotopic (exact) mass is 549 g/mol. The second-order valence-corrected chi connectivity index (χ2v) is 11.1. The Hall–Kier alpha value is -3.59. The average Bonchev–Trinajstić information content (AvgIpc) is 3.66. The number of fused-ring (bicyclic) bond motifs is 1. The molecule has 0 saturated carbocycles. The number of anilines is 2. The Morgan fingerprint density at radius 1 is 0.950 bits per heavy atom. The number of pyridine rings is 1. The third kappa shape index (κ3) is 5.14. The van der Waals surface area contributed by atoms with Crippen molar-refractivity contribution < 1.29 is 18.0 Å². The molecule has 0 radical (unpaired) electrons. The van der Waals surface area contributed by atoms with Gasteiger partial charge < -0.3 is 20.0 Å². The van der Waals surface area contributed by atoms with Crippen LogP contribution in [-0.2, 0) is 0 Å². The molecular formula is C31H34F3N5O. The standard InChI is InChI=1S/C31H34F3N5O/c1-20(25-16-27(33)28(34)17-26(25)32)38-14-10-35-30-29(38)15-23(18-36-30)21-6-8-22(9-7-21)31(40)39-13-4-5-24(39)19-37-11-2-3-12-37/h6-9,15-18,20,24H,2-5,10-14,19H2,1H3,(H,35,36). The van der Waals surface area contributed by atoms with E-state index in [9.17, 15) is 18.0 Å². The molecule has 2 unspecified atom stereocenters. The molecule has 9 heteroatoms. The van der Waals surface area contributed by atoms with Crippen LogP contribution in [0.15, 0.2) is 48.7 Å². The van der Waals surface area contributed by atoms with Crippen LogP contribution < -0.4 is 10.2 Å². The van der Waals surface area contributed by atoms with Crippen LogP contribution in [0.1, 0.15) is 54.6 Å². The number of carbonyl (C=O) groups is 1. The highest BCUT2D eigenvalue weighted by molar-refractivity contribution is 5.95. The fourth-order valence-corrected chi connectivity index (χ4v) is 6.34. The van der Waals surface area contributed by atoms with Crippen LogP contribution in [0.3, 0.4) is 0 Å². The molecule has 2 aromatic carbocycles. The lowest BCUT2D eigenvalue weighted by atomic mass is 10.0. The number of hydrogen-bond acceptors (Lipinski definition) is 5. The molecule has 1 aromatic heterocycles. The van der Waals surface area contributed by atoms with Gasteiger partial charge in [-0.25, -0.2) is 18.2 Å². The molecule has 6 nitrogen and oxygen atoms in total. The van der Waals surface area contributed by atoms with E-state index in [2.05, 4.69) is 15.2 Å². The van der Waals surface area contributed by atoms with E-state index in [4.69, 9.17) is 0 Å². The lowest BCUT2D eigenvalue weighted by Crippen LogP contribution is -2.42. The number of benzene rings is 2. The minimum Gasteiger partial charge on any atom is -0.367 e. The Morgan fingerprint density at radius 2 is 1.70 bits per heavy atom. The SMILES string of the molecule is CC(c1cc(F)c(F)cc1F)N1CCNc2ncc(-c3ccc(C(=O)N4CCCC4CN4CCCC4)cc3)cc21. The predicted octanol–water partition coefficient (Wildman–Crippen LogP) is 5.86. The molecule has 210 valence electrons. The Bertz CT molecular complexity index is 1390. The van der Waals surface area contributed by atoms with Crippen LogP contribution >= 0.6 is 0 Å². The molecule has 3 aliphatic heterocycles.